The molecule has 0 radical (unpaired) electrons. The van der Waals surface area contributed by atoms with Gasteiger partial charge in [0.05, 0.1) is 31.0 Å². The number of nitrogens with zero attached hydrogens (tertiary/aromatic N) is 4. The quantitative estimate of drug-likeness (QED) is 0.676. The van der Waals surface area contributed by atoms with E-state index >= 15 is 0 Å². The lowest BCUT2D eigenvalue weighted by molar-refractivity contribution is 0.398. The van der Waals surface area contributed by atoms with Crippen LogP contribution in [0.15, 0.2) is 30.5 Å². The van der Waals surface area contributed by atoms with Gasteiger partial charge in [-0.25, -0.2) is 19.9 Å². The molecule has 6 nitrogen and oxygen atoms in total. The molecule has 0 N–H and O–H groups in total. The Morgan fingerprint density at radius 1 is 0.862 bits per heavy atom. The SMILES string of the molecule is C/C=c1/c(-c2ccc(OC)nc2)nc(-c2ccc(OC)c(C)n2)n/c1=C/C.CC. The van der Waals surface area contributed by atoms with Crippen molar-refractivity contribution in [3.63, 3.8) is 0 Å². The monoisotopic (exact) mass is 392 g/mol. The highest BCUT2D eigenvalue weighted by Crippen LogP contribution is 2.21. The van der Waals surface area contributed by atoms with Crippen LogP contribution in [0.4, 0.5) is 0 Å². The molecule has 0 unspecified atom stereocenters. The number of hydrogen-bond donors (Lipinski definition) is 0. The zero-order valence-corrected chi connectivity index (χ0v) is 18.1. The second-order valence-corrected chi connectivity index (χ2v) is 5.85. The summed E-state index contributed by atoms with van der Waals surface area (Å²) in [5.74, 6) is 1.86. The van der Waals surface area contributed by atoms with E-state index in [4.69, 9.17) is 19.4 Å². The van der Waals surface area contributed by atoms with E-state index in [-0.39, 0.29) is 0 Å². The maximum Gasteiger partial charge on any atom is 0.212 e. The highest BCUT2D eigenvalue weighted by molar-refractivity contribution is 5.64. The van der Waals surface area contributed by atoms with Gasteiger partial charge >= 0.3 is 0 Å². The van der Waals surface area contributed by atoms with Gasteiger partial charge in [0.1, 0.15) is 11.4 Å². The van der Waals surface area contributed by atoms with E-state index in [9.17, 15) is 0 Å². The molecule has 0 spiro atoms. The molecule has 3 aromatic rings. The summed E-state index contributed by atoms with van der Waals surface area (Å²) in [6, 6.07) is 7.51. The second kappa shape index (κ2) is 10.3. The van der Waals surface area contributed by atoms with Gasteiger partial charge in [-0.1, -0.05) is 26.0 Å². The van der Waals surface area contributed by atoms with Gasteiger partial charge in [0.2, 0.25) is 5.88 Å². The molecule has 152 valence electrons. The molecule has 3 heterocycles. The van der Waals surface area contributed by atoms with Crippen LogP contribution in [0.2, 0.25) is 0 Å². The van der Waals surface area contributed by atoms with Crippen LogP contribution in [0.5, 0.6) is 11.6 Å². The Morgan fingerprint density at radius 2 is 1.62 bits per heavy atom. The summed E-state index contributed by atoms with van der Waals surface area (Å²) in [5, 5.41) is 1.81. The number of hydrogen-bond acceptors (Lipinski definition) is 6. The van der Waals surface area contributed by atoms with E-state index in [0.29, 0.717) is 17.4 Å². The molecule has 3 rings (SSSR count). The van der Waals surface area contributed by atoms with E-state index in [2.05, 4.69) is 9.97 Å². The normalized spacial score (nSPS) is 11.7. The lowest BCUT2D eigenvalue weighted by atomic mass is 10.1. The highest BCUT2D eigenvalue weighted by atomic mass is 16.5. The molecule has 0 aliphatic carbocycles. The minimum absolute atomic E-state index is 0.560. The van der Waals surface area contributed by atoms with Crippen molar-refractivity contribution in [1.82, 2.24) is 19.9 Å². The first-order valence-electron chi connectivity index (χ1n) is 9.64. The predicted molar refractivity (Wildman–Crippen MR) is 117 cm³/mol. The molecule has 3 aromatic heterocycles. The second-order valence-electron chi connectivity index (χ2n) is 5.85. The van der Waals surface area contributed by atoms with Gasteiger partial charge in [-0.3, -0.25) is 0 Å². The van der Waals surface area contributed by atoms with Gasteiger partial charge in [-0.05, 0) is 39.0 Å². The number of pyridine rings is 2. The van der Waals surface area contributed by atoms with Gasteiger partial charge < -0.3 is 9.47 Å². The number of ether oxygens (including phenoxy) is 2. The van der Waals surface area contributed by atoms with Crippen LogP contribution in [0.3, 0.4) is 0 Å². The summed E-state index contributed by atoms with van der Waals surface area (Å²) < 4.78 is 10.5. The standard InChI is InChI=1S/C21H22N4O2.C2H6/c1-6-15-16(7-2)24-21(17-9-10-18(26-4)13(3)23-17)25-20(15)14-8-11-19(27-5)22-12-14;1-2/h6-12H,1-5H3;1-2H3/b15-6+,16-7+;. The van der Waals surface area contributed by atoms with Crippen molar-refractivity contribution in [2.45, 2.75) is 34.6 Å². The van der Waals surface area contributed by atoms with Crippen molar-refractivity contribution >= 4 is 12.2 Å². The lowest BCUT2D eigenvalue weighted by Crippen LogP contribution is -2.32. The summed E-state index contributed by atoms with van der Waals surface area (Å²) in [6.07, 6.45) is 5.73. The maximum atomic E-state index is 5.30. The molecule has 0 saturated carbocycles. The van der Waals surface area contributed by atoms with Crippen molar-refractivity contribution in [2.75, 3.05) is 14.2 Å². The Balaban J connectivity index is 0.00000145. The van der Waals surface area contributed by atoms with E-state index in [1.807, 2.05) is 71.0 Å². The van der Waals surface area contributed by atoms with Crippen LogP contribution in [0, 0.1) is 6.92 Å². The molecular weight excluding hydrogens is 364 g/mol. The zero-order valence-electron chi connectivity index (χ0n) is 18.1. The smallest absolute Gasteiger partial charge is 0.212 e. The first-order valence-corrected chi connectivity index (χ1v) is 9.64. The summed E-state index contributed by atoms with van der Waals surface area (Å²) in [7, 11) is 3.23. The molecular formula is C23H28N4O2. The van der Waals surface area contributed by atoms with E-state index in [0.717, 1.165) is 33.3 Å². The third-order valence-corrected chi connectivity index (χ3v) is 4.24. The molecule has 29 heavy (non-hydrogen) atoms. The zero-order chi connectivity index (χ0) is 21.4. The van der Waals surface area contributed by atoms with Gasteiger partial charge in [-0.2, -0.15) is 0 Å². The third kappa shape index (κ3) is 4.77. The van der Waals surface area contributed by atoms with Crippen LogP contribution >= 0.6 is 0 Å². The summed E-state index contributed by atoms with van der Waals surface area (Å²) in [5.41, 5.74) is 3.18. The van der Waals surface area contributed by atoms with Crippen LogP contribution in [-0.4, -0.2) is 34.2 Å². The topological polar surface area (TPSA) is 70.0 Å². The average molecular weight is 393 g/mol. The van der Waals surface area contributed by atoms with Gasteiger partial charge in [0, 0.05) is 23.0 Å². The molecule has 0 saturated heterocycles. The van der Waals surface area contributed by atoms with Crippen molar-refractivity contribution in [2.24, 2.45) is 0 Å². The molecule has 0 aliphatic heterocycles. The minimum atomic E-state index is 0.560. The fourth-order valence-corrected chi connectivity index (χ4v) is 2.86. The average Bonchev–Trinajstić information content (AvgIpc) is 2.79. The molecule has 0 fully saturated rings. The van der Waals surface area contributed by atoms with Gasteiger partial charge in [-0.15, -0.1) is 0 Å². The Labute approximate surface area is 172 Å². The molecule has 6 heteroatoms. The largest absolute Gasteiger partial charge is 0.495 e. The molecule has 0 aromatic carbocycles. The fourth-order valence-electron chi connectivity index (χ4n) is 2.86. The summed E-state index contributed by atoms with van der Waals surface area (Å²) >= 11 is 0. The molecule has 0 amide bonds. The van der Waals surface area contributed by atoms with Crippen LogP contribution in [0.25, 0.3) is 34.9 Å². The Morgan fingerprint density at radius 3 is 2.14 bits per heavy atom. The Hall–Kier alpha value is -3.28. The Bertz CT molecular complexity index is 1080. The number of rotatable bonds is 4. The summed E-state index contributed by atoms with van der Waals surface area (Å²) in [4.78, 5) is 18.4. The van der Waals surface area contributed by atoms with Crippen LogP contribution in [0.1, 0.15) is 33.4 Å². The Kier molecular flexibility index (Phi) is 7.83. The third-order valence-electron chi connectivity index (χ3n) is 4.24. The van der Waals surface area contributed by atoms with E-state index in [1.165, 1.54) is 0 Å². The number of methoxy groups -OCH3 is 2. The molecule has 0 atom stereocenters. The first kappa shape index (κ1) is 22.0. The maximum absolute atomic E-state index is 5.30. The van der Waals surface area contributed by atoms with Crippen molar-refractivity contribution in [3.8, 4) is 34.4 Å². The van der Waals surface area contributed by atoms with Crippen molar-refractivity contribution in [1.29, 1.82) is 0 Å². The van der Waals surface area contributed by atoms with Crippen LogP contribution in [-0.2, 0) is 0 Å². The van der Waals surface area contributed by atoms with Gasteiger partial charge in [0.25, 0.3) is 0 Å². The number of aromatic nitrogens is 4. The van der Waals surface area contributed by atoms with Gasteiger partial charge in [0.15, 0.2) is 5.82 Å². The molecule has 0 bridgehead atoms. The molecule has 0 aliphatic rings. The highest BCUT2D eigenvalue weighted by Gasteiger charge is 2.12. The van der Waals surface area contributed by atoms with E-state index in [1.54, 1.807) is 20.4 Å². The van der Waals surface area contributed by atoms with Crippen LogP contribution < -0.4 is 20.0 Å². The minimum Gasteiger partial charge on any atom is -0.495 e. The first-order chi connectivity index (χ1) is 14.1. The predicted octanol–water partition coefficient (Wildman–Crippen LogP) is 3.55. The van der Waals surface area contributed by atoms with Crippen molar-refractivity contribution in [3.05, 3.63) is 46.7 Å². The van der Waals surface area contributed by atoms with Crippen molar-refractivity contribution < 1.29 is 9.47 Å². The van der Waals surface area contributed by atoms with E-state index < -0.39 is 0 Å². The lowest BCUT2D eigenvalue weighted by Gasteiger charge is -2.09. The summed E-state index contributed by atoms with van der Waals surface area (Å²) in [6.45, 7) is 9.83. The fraction of sp³-hybridized carbons (Fsp3) is 0.304. The number of aryl methyl sites for hydroxylation is 1.